The summed E-state index contributed by atoms with van der Waals surface area (Å²) in [7, 11) is 0. The number of fused-ring (bicyclic) bond motifs is 1. The molecule has 28 heavy (non-hydrogen) atoms. The van der Waals surface area contributed by atoms with E-state index in [2.05, 4.69) is 4.90 Å². The first kappa shape index (κ1) is 19.0. The van der Waals surface area contributed by atoms with Crippen molar-refractivity contribution in [1.82, 2.24) is 14.7 Å². The number of hydrogen-bond donors (Lipinski definition) is 0. The van der Waals surface area contributed by atoms with Gasteiger partial charge in [0.05, 0.1) is 6.54 Å². The van der Waals surface area contributed by atoms with E-state index in [0.29, 0.717) is 25.4 Å². The number of amides is 2. The Bertz CT molecular complexity index is 844. The van der Waals surface area contributed by atoms with Crippen molar-refractivity contribution in [2.45, 2.75) is 32.6 Å². The lowest BCUT2D eigenvalue weighted by Gasteiger charge is -2.35. The van der Waals surface area contributed by atoms with Crippen molar-refractivity contribution in [3.8, 4) is 0 Å². The largest absolute Gasteiger partial charge is 0.451 e. The normalized spacial score (nSPS) is 19.0. The molecule has 1 aromatic heterocycles. The quantitative estimate of drug-likeness (QED) is 0.818. The van der Waals surface area contributed by atoms with Crippen LogP contribution in [0.1, 0.15) is 41.8 Å². The maximum absolute atomic E-state index is 12.9. The van der Waals surface area contributed by atoms with Gasteiger partial charge in [0.15, 0.2) is 5.76 Å². The van der Waals surface area contributed by atoms with Crippen molar-refractivity contribution in [3.05, 3.63) is 35.6 Å². The van der Waals surface area contributed by atoms with Gasteiger partial charge in [-0.1, -0.05) is 31.0 Å². The number of furan rings is 1. The Morgan fingerprint density at radius 2 is 1.57 bits per heavy atom. The van der Waals surface area contributed by atoms with E-state index in [1.807, 2.05) is 41.0 Å². The fourth-order valence-corrected chi connectivity index (χ4v) is 4.24. The van der Waals surface area contributed by atoms with Gasteiger partial charge in [-0.15, -0.1) is 0 Å². The van der Waals surface area contributed by atoms with Gasteiger partial charge in [-0.3, -0.25) is 14.5 Å². The van der Waals surface area contributed by atoms with Gasteiger partial charge in [-0.05, 0) is 25.8 Å². The summed E-state index contributed by atoms with van der Waals surface area (Å²) >= 11 is 0. The Balaban J connectivity index is 1.33. The molecule has 2 amide bonds. The monoisotopic (exact) mass is 383 g/mol. The van der Waals surface area contributed by atoms with Crippen molar-refractivity contribution >= 4 is 22.8 Å². The fourth-order valence-electron chi connectivity index (χ4n) is 4.24. The second-order valence-corrected chi connectivity index (χ2v) is 7.92. The molecule has 0 saturated carbocycles. The lowest BCUT2D eigenvalue weighted by molar-refractivity contribution is -0.132. The highest BCUT2D eigenvalue weighted by atomic mass is 16.3. The van der Waals surface area contributed by atoms with Gasteiger partial charge in [0, 0.05) is 50.2 Å². The number of hydrogen-bond acceptors (Lipinski definition) is 4. The van der Waals surface area contributed by atoms with Crippen molar-refractivity contribution in [3.63, 3.8) is 0 Å². The average molecular weight is 383 g/mol. The first-order chi connectivity index (χ1) is 13.6. The summed E-state index contributed by atoms with van der Waals surface area (Å²) in [5.41, 5.74) is 1.66. The van der Waals surface area contributed by atoms with Crippen molar-refractivity contribution in [2.75, 3.05) is 45.8 Å². The second-order valence-electron chi connectivity index (χ2n) is 7.92. The van der Waals surface area contributed by atoms with E-state index in [1.165, 1.54) is 12.8 Å². The van der Waals surface area contributed by atoms with Gasteiger partial charge in [-0.2, -0.15) is 0 Å². The number of benzene rings is 1. The number of carbonyl (C=O) groups is 2. The molecule has 150 valence electrons. The van der Waals surface area contributed by atoms with Crippen LogP contribution in [-0.4, -0.2) is 72.3 Å². The van der Waals surface area contributed by atoms with Crippen molar-refractivity contribution in [2.24, 2.45) is 0 Å². The standard InChI is InChI=1S/C22H29N3O3/c1-17-18-8-4-5-9-19(18)28-21(17)22(27)25-14-12-23(13-15-25)16-20(26)24-10-6-2-3-7-11-24/h4-5,8-9H,2-3,6-7,10-16H2,1H3. The molecule has 2 aromatic rings. The minimum Gasteiger partial charge on any atom is -0.451 e. The molecular weight excluding hydrogens is 354 g/mol. The molecule has 6 nitrogen and oxygen atoms in total. The zero-order valence-corrected chi connectivity index (χ0v) is 16.7. The maximum Gasteiger partial charge on any atom is 0.289 e. The van der Waals surface area contributed by atoms with E-state index in [4.69, 9.17) is 4.42 Å². The molecule has 3 heterocycles. The summed E-state index contributed by atoms with van der Waals surface area (Å²) in [5, 5.41) is 0.993. The highest BCUT2D eigenvalue weighted by Crippen LogP contribution is 2.26. The van der Waals surface area contributed by atoms with E-state index in [0.717, 1.165) is 55.6 Å². The van der Waals surface area contributed by atoms with Crippen LogP contribution in [0.25, 0.3) is 11.0 Å². The number of aryl methyl sites for hydroxylation is 1. The van der Waals surface area contributed by atoms with Crippen LogP contribution < -0.4 is 0 Å². The number of rotatable bonds is 3. The number of piperazine rings is 1. The van der Waals surface area contributed by atoms with E-state index in [9.17, 15) is 9.59 Å². The third-order valence-electron chi connectivity index (χ3n) is 6.02. The van der Waals surface area contributed by atoms with E-state index >= 15 is 0 Å². The van der Waals surface area contributed by atoms with E-state index in [1.54, 1.807) is 0 Å². The molecule has 0 unspecified atom stereocenters. The minimum absolute atomic E-state index is 0.0489. The smallest absolute Gasteiger partial charge is 0.289 e. The summed E-state index contributed by atoms with van der Waals surface area (Å²) in [5.74, 6) is 0.622. The van der Waals surface area contributed by atoms with Gasteiger partial charge in [-0.25, -0.2) is 0 Å². The number of nitrogens with zero attached hydrogens (tertiary/aromatic N) is 3. The molecule has 2 saturated heterocycles. The van der Waals surface area contributed by atoms with Gasteiger partial charge in [0.1, 0.15) is 5.58 Å². The van der Waals surface area contributed by atoms with Crippen LogP contribution in [0.15, 0.2) is 28.7 Å². The number of para-hydroxylation sites is 1. The Kier molecular flexibility index (Phi) is 5.67. The summed E-state index contributed by atoms with van der Waals surface area (Å²) in [6, 6.07) is 7.75. The molecule has 0 N–H and O–H groups in total. The van der Waals surface area contributed by atoms with Crippen LogP contribution >= 0.6 is 0 Å². The third kappa shape index (κ3) is 3.92. The molecule has 6 heteroatoms. The van der Waals surface area contributed by atoms with Crippen molar-refractivity contribution in [1.29, 1.82) is 0 Å². The molecule has 0 atom stereocenters. The molecule has 0 radical (unpaired) electrons. The summed E-state index contributed by atoms with van der Waals surface area (Å²) in [6.45, 7) is 6.90. The molecule has 1 aromatic carbocycles. The first-order valence-electron chi connectivity index (χ1n) is 10.4. The van der Waals surface area contributed by atoms with Crippen LogP contribution in [0.4, 0.5) is 0 Å². The number of carbonyl (C=O) groups excluding carboxylic acids is 2. The predicted molar refractivity (Wildman–Crippen MR) is 108 cm³/mol. The molecule has 0 bridgehead atoms. The average Bonchev–Trinajstić information content (AvgIpc) is 2.89. The SMILES string of the molecule is Cc1c(C(=O)N2CCN(CC(=O)N3CCCCCC3)CC2)oc2ccccc12. The molecular formula is C22H29N3O3. The van der Waals surface area contributed by atoms with Gasteiger partial charge < -0.3 is 14.2 Å². The topological polar surface area (TPSA) is 57.0 Å². The maximum atomic E-state index is 12.9. The lowest BCUT2D eigenvalue weighted by Crippen LogP contribution is -2.51. The van der Waals surface area contributed by atoms with Gasteiger partial charge in [0.25, 0.3) is 5.91 Å². The van der Waals surface area contributed by atoms with Crippen LogP contribution in [0.2, 0.25) is 0 Å². The van der Waals surface area contributed by atoms with Crippen LogP contribution in [0.3, 0.4) is 0 Å². The molecule has 4 rings (SSSR count). The van der Waals surface area contributed by atoms with Gasteiger partial charge >= 0.3 is 0 Å². The highest BCUT2D eigenvalue weighted by molar-refractivity contribution is 5.99. The molecule has 2 aliphatic rings. The Morgan fingerprint density at radius 3 is 2.25 bits per heavy atom. The highest BCUT2D eigenvalue weighted by Gasteiger charge is 2.28. The zero-order chi connectivity index (χ0) is 19.5. The summed E-state index contributed by atoms with van der Waals surface area (Å²) < 4.78 is 5.83. The molecule has 2 fully saturated rings. The molecule has 0 spiro atoms. The van der Waals surface area contributed by atoms with Crippen molar-refractivity contribution < 1.29 is 14.0 Å². The predicted octanol–water partition coefficient (Wildman–Crippen LogP) is 2.90. The van der Waals surface area contributed by atoms with E-state index in [-0.39, 0.29) is 11.8 Å². The van der Waals surface area contributed by atoms with Crippen LogP contribution in [-0.2, 0) is 4.79 Å². The lowest BCUT2D eigenvalue weighted by atomic mass is 10.1. The first-order valence-corrected chi connectivity index (χ1v) is 10.4. The summed E-state index contributed by atoms with van der Waals surface area (Å²) in [4.78, 5) is 31.6. The van der Waals surface area contributed by atoms with Crippen LogP contribution in [0.5, 0.6) is 0 Å². The Hall–Kier alpha value is -2.34. The Labute approximate surface area is 166 Å². The molecule has 2 aliphatic heterocycles. The minimum atomic E-state index is -0.0489. The number of likely N-dealkylation sites (tertiary alicyclic amines) is 1. The fraction of sp³-hybridized carbons (Fsp3) is 0.545. The summed E-state index contributed by atoms with van der Waals surface area (Å²) in [6.07, 6.45) is 4.69. The molecule has 0 aliphatic carbocycles. The zero-order valence-electron chi connectivity index (χ0n) is 16.7. The van der Waals surface area contributed by atoms with Gasteiger partial charge in [0.2, 0.25) is 5.91 Å². The van der Waals surface area contributed by atoms with Crippen LogP contribution in [0, 0.1) is 6.92 Å². The Morgan fingerprint density at radius 1 is 0.893 bits per heavy atom. The van der Waals surface area contributed by atoms with E-state index < -0.39 is 0 Å². The third-order valence-corrected chi connectivity index (χ3v) is 6.02. The second kappa shape index (κ2) is 8.35.